The minimum Gasteiger partial charge on any atom is -0.370 e. The summed E-state index contributed by atoms with van der Waals surface area (Å²) < 4.78 is 0. The number of hydrogen-bond donors (Lipinski definition) is 1. The van der Waals surface area contributed by atoms with Crippen LogP contribution < -0.4 is 10.2 Å². The molecule has 0 saturated heterocycles. The smallest absolute Gasteiger partial charge is 0.296 e. The Morgan fingerprint density at radius 2 is 2.05 bits per heavy atom. The molecule has 19 heavy (non-hydrogen) atoms. The first-order valence-electron chi connectivity index (χ1n) is 6.41. The number of fused-ring (bicyclic) bond motifs is 1. The van der Waals surface area contributed by atoms with Crippen LogP contribution in [0, 0.1) is 5.92 Å². The highest BCUT2D eigenvalue weighted by molar-refractivity contribution is 6.52. The van der Waals surface area contributed by atoms with Crippen LogP contribution in [0.4, 0.5) is 11.4 Å². The van der Waals surface area contributed by atoms with Crippen molar-refractivity contribution < 1.29 is 9.59 Å². The van der Waals surface area contributed by atoms with E-state index in [4.69, 9.17) is 11.6 Å². The Bertz CT molecular complexity index is 581. The van der Waals surface area contributed by atoms with E-state index in [0.29, 0.717) is 28.2 Å². The minimum absolute atomic E-state index is 0.367. The van der Waals surface area contributed by atoms with E-state index >= 15 is 0 Å². The molecule has 4 nitrogen and oxygen atoms in total. The number of ketones is 1. The lowest BCUT2D eigenvalue weighted by molar-refractivity contribution is -0.112. The Labute approximate surface area is 116 Å². The molecular weight excluding hydrogens is 264 g/mol. The number of amides is 1. The molecule has 0 radical (unpaired) electrons. The van der Waals surface area contributed by atoms with Gasteiger partial charge in [-0.2, -0.15) is 0 Å². The third-order valence-electron chi connectivity index (χ3n) is 4.08. The highest BCUT2D eigenvalue weighted by Gasteiger charge is 2.33. The fraction of sp³-hybridized carbons (Fsp3) is 0.429. The number of rotatable bonds is 3. The predicted octanol–water partition coefficient (Wildman–Crippen LogP) is 2.71. The summed E-state index contributed by atoms with van der Waals surface area (Å²) in [6, 6.07) is 3.78. The highest BCUT2D eigenvalue weighted by atomic mass is 35.5. The van der Waals surface area contributed by atoms with Crippen LogP contribution >= 0.6 is 11.6 Å². The zero-order valence-electron chi connectivity index (χ0n) is 10.9. The van der Waals surface area contributed by atoms with Crippen molar-refractivity contribution in [3.8, 4) is 0 Å². The van der Waals surface area contributed by atoms with Gasteiger partial charge in [-0.3, -0.25) is 9.59 Å². The summed E-state index contributed by atoms with van der Waals surface area (Å²) in [5.41, 5.74) is 1.78. The molecule has 1 heterocycles. The number of nitrogens with zero attached hydrogens (tertiary/aromatic N) is 1. The van der Waals surface area contributed by atoms with Crippen molar-refractivity contribution in [1.82, 2.24) is 0 Å². The average molecular weight is 279 g/mol. The molecule has 1 atom stereocenters. The Kier molecular flexibility index (Phi) is 2.78. The van der Waals surface area contributed by atoms with Crippen LogP contribution in [0.15, 0.2) is 12.1 Å². The molecule has 1 unspecified atom stereocenters. The van der Waals surface area contributed by atoms with Gasteiger partial charge < -0.3 is 10.2 Å². The second kappa shape index (κ2) is 4.23. The van der Waals surface area contributed by atoms with E-state index in [0.717, 1.165) is 5.69 Å². The summed E-state index contributed by atoms with van der Waals surface area (Å²) in [6.07, 6.45) is 2.51. The fourth-order valence-electron chi connectivity index (χ4n) is 2.54. The van der Waals surface area contributed by atoms with Crippen molar-refractivity contribution >= 4 is 34.7 Å². The van der Waals surface area contributed by atoms with Crippen molar-refractivity contribution in [2.24, 2.45) is 5.92 Å². The van der Waals surface area contributed by atoms with Gasteiger partial charge in [0.05, 0.1) is 22.0 Å². The number of halogens is 1. The van der Waals surface area contributed by atoms with Crippen molar-refractivity contribution in [3.05, 3.63) is 22.7 Å². The Morgan fingerprint density at radius 3 is 2.68 bits per heavy atom. The lowest BCUT2D eigenvalue weighted by Crippen LogP contribution is -2.30. The fourth-order valence-corrected chi connectivity index (χ4v) is 2.84. The van der Waals surface area contributed by atoms with Gasteiger partial charge in [0.15, 0.2) is 0 Å². The van der Waals surface area contributed by atoms with Gasteiger partial charge in [0, 0.05) is 13.1 Å². The van der Waals surface area contributed by atoms with Crippen molar-refractivity contribution in [2.45, 2.75) is 25.8 Å². The standard InChI is InChI=1S/C14H15ClN2O2/c1-7(8-3-4-8)17(2)12-6-11-9(5-10(12)15)13(18)14(19)16-11/h5-8H,3-4H2,1-2H3,(H,16,18,19). The van der Waals surface area contributed by atoms with Gasteiger partial charge in [-0.15, -0.1) is 0 Å². The van der Waals surface area contributed by atoms with Crippen molar-refractivity contribution in [1.29, 1.82) is 0 Å². The summed E-state index contributed by atoms with van der Waals surface area (Å²) in [7, 11) is 2.00. The van der Waals surface area contributed by atoms with E-state index in [1.807, 2.05) is 7.05 Å². The molecule has 1 fully saturated rings. The molecule has 100 valence electrons. The quantitative estimate of drug-likeness (QED) is 0.865. The van der Waals surface area contributed by atoms with E-state index < -0.39 is 11.7 Å². The van der Waals surface area contributed by atoms with Gasteiger partial charge in [0.25, 0.3) is 11.7 Å². The third kappa shape index (κ3) is 2.00. The number of hydrogen-bond acceptors (Lipinski definition) is 3. The van der Waals surface area contributed by atoms with Gasteiger partial charge in [-0.1, -0.05) is 11.6 Å². The van der Waals surface area contributed by atoms with E-state index in [1.165, 1.54) is 12.8 Å². The van der Waals surface area contributed by atoms with E-state index in [1.54, 1.807) is 12.1 Å². The lowest BCUT2D eigenvalue weighted by Gasteiger charge is -2.28. The molecule has 1 N–H and O–H groups in total. The van der Waals surface area contributed by atoms with Crippen LogP contribution in [-0.2, 0) is 4.79 Å². The number of benzene rings is 1. The topological polar surface area (TPSA) is 49.4 Å². The highest BCUT2D eigenvalue weighted by Crippen LogP contribution is 2.40. The monoisotopic (exact) mass is 278 g/mol. The van der Waals surface area contributed by atoms with E-state index in [2.05, 4.69) is 17.1 Å². The predicted molar refractivity (Wildman–Crippen MR) is 75.0 cm³/mol. The Balaban J connectivity index is 1.97. The first-order chi connectivity index (χ1) is 8.99. The zero-order valence-corrected chi connectivity index (χ0v) is 11.6. The Hall–Kier alpha value is -1.55. The minimum atomic E-state index is -0.582. The van der Waals surface area contributed by atoms with Gasteiger partial charge in [-0.25, -0.2) is 0 Å². The molecule has 1 aliphatic carbocycles. The van der Waals surface area contributed by atoms with Crippen molar-refractivity contribution in [2.75, 3.05) is 17.3 Å². The van der Waals surface area contributed by atoms with Gasteiger partial charge >= 0.3 is 0 Å². The maximum absolute atomic E-state index is 11.6. The third-order valence-corrected chi connectivity index (χ3v) is 4.38. The molecule has 1 aliphatic heterocycles. The zero-order chi connectivity index (χ0) is 13.7. The van der Waals surface area contributed by atoms with Gasteiger partial charge in [0.2, 0.25) is 0 Å². The SMILES string of the molecule is CC(C1CC1)N(C)c1cc2c(cc1Cl)C(=O)C(=O)N2. The van der Waals surface area contributed by atoms with Crippen LogP contribution in [0.1, 0.15) is 30.1 Å². The van der Waals surface area contributed by atoms with Crippen molar-refractivity contribution in [3.63, 3.8) is 0 Å². The summed E-state index contributed by atoms with van der Waals surface area (Å²) in [5.74, 6) is -0.381. The molecule has 2 aliphatic rings. The molecular formula is C14H15ClN2O2. The second-order valence-electron chi connectivity index (χ2n) is 5.32. The molecule has 0 aromatic heterocycles. The number of Topliss-reactive ketones (excluding diaryl/α,β-unsaturated/α-hetero) is 1. The summed E-state index contributed by atoms with van der Waals surface area (Å²) in [4.78, 5) is 25.1. The van der Waals surface area contributed by atoms with Gasteiger partial charge in [-0.05, 0) is 37.8 Å². The van der Waals surface area contributed by atoms with Crippen LogP contribution in [0.3, 0.4) is 0 Å². The number of nitrogens with one attached hydrogen (secondary N) is 1. The second-order valence-corrected chi connectivity index (χ2v) is 5.73. The maximum Gasteiger partial charge on any atom is 0.296 e. The lowest BCUT2D eigenvalue weighted by atomic mass is 10.1. The van der Waals surface area contributed by atoms with Gasteiger partial charge in [0.1, 0.15) is 0 Å². The Morgan fingerprint density at radius 1 is 1.37 bits per heavy atom. The molecule has 1 aromatic rings. The average Bonchev–Trinajstić information content (AvgIpc) is 3.18. The summed E-state index contributed by atoms with van der Waals surface area (Å²) >= 11 is 6.25. The normalized spacial score (nSPS) is 19.1. The first kappa shape index (κ1) is 12.5. The molecule has 0 spiro atoms. The van der Waals surface area contributed by atoms with Crippen LogP contribution in [0.2, 0.25) is 5.02 Å². The first-order valence-corrected chi connectivity index (χ1v) is 6.79. The van der Waals surface area contributed by atoms with E-state index in [-0.39, 0.29) is 0 Å². The molecule has 1 amide bonds. The summed E-state index contributed by atoms with van der Waals surface area (Å²) in [5, 5.41) is 3.09. The van der Waals surface area contributed by atoms with Crippen LogP contribution in [0.5, 0.6) is 0 Å². The summed E-state index contributed by atoms with van der Waals surface area (Å²) in [6.45, 7) is 2.17. The molecule has 5 heteroatoms. The molecule has 3 rings (SSSR count). The molecule has 0 bridgehead atoms. The maximum atomic E-state index is 11.6. The molecule has 1 aromatic carbocycles. The largest absolute Gasteiger partial charge is 0.370 e. The number of carbonyl (C=O) groups is 2. The number of anilines is 2. The van der Waals surface area contributed by atoms with E-state index in [9.17, 15) is 9.59 Å². The van der Waals surface area contributed by atoms with Crippen LogP contribution in [-0.4, -0.2) is 24.8 Å². The molecule has 1 saturated carbocycles. The van der Waals surface area contributed by atoms with Crippen LogP contribution in [0.25, 0.3) is 0 Å². The number of carbonyl (C=O) groups excluding carboxylic acids is 2.